The molecule has 0 saturated carbocycles. The van der Waals surface area contributed by atoms with Gasteiger partial charge in [-0.2, -0.15) is 15.1 Å². The van der Waals surface area contributed by atoms with Crippen LogP contribution in [-0.2, 0) is 13.6 Å². The summed E-state index contributed by atoms with van der Waals surface area (Å²) in [7, 11) is 1.90. The first kappa shape index (κ1) is 13.6. The van der Waals surface area contributed by atoms with Gasteiger partial charge in [-0.15, -0.1) is 0 Å². The zero-order chi connectivity index (χ0) is 15.0. The van der Waals surface area contributed by atoms with Gasteiger partial charge in [0.25, 0.3) is 0 Å². The highest BCUT2D eigenvalue weighted by Crippen LogP contribution is 2.20. The molecule has 0 bridgehead atoms. The summed E-state index contributed by atoms with van der Waals surface area (Å²) in [6, 6.07) is 0. The largest absolute Gasteiger partial charge is 0.368 e. The van der Waals surface area contributed by atoms with Crippen molar-refractivity contribution in [3.8, 4) is 0 Å². The van der Waals surface area contributed by atoms with Crippen LogP contribution in [0.4, 0.5) is 11.8 Å². The molecular weight excluding hydrogens is 292 g/mol. The number of nitrogens with two attached hydrogens (primary N) is 1. The van der Waals surface area contributed by atoms with E-state index in [-0.39, 0.29) is 5.95 Å². The summed E-state index contributed by atoms with van der Waals surface area (Å²) in [5.74, 6) is 1.70. The molecule has 3 aromatic heterocycles. The molecule has 0 aliphatic heterocycles. The van der Waals surface area contributed by atoms with Crippen molar-refractivity contribution >= 4 is 34.5 Å². The van der Waals surface area contributed by atoms with Crippen LogP contribution in [0.1, 0.15) is 5.82 Å². The van der Waals surface area contributed by atoms with E-state index in [4.69, 9.17) is 17.3 Å². The van der Waals surface area contributed by atoms with Crippen molar-refractivity contribution in [2.24, 2.45) is 7.05 Å². The molecule has 0 aliphatic rings. The number of nitrogens with zero attached hydrogens (tertiary/aromatic N) is 6. The highest BCUT2D eigenvalue weighted by atomic mass is 35.5. The van der Waals surface area contributed by atoms with Gasteiger partial charge < -0.3 is 15.6 Å². The SMILES string of the molecule is Cc1nc2c(NCCn3cc(Cl)cn3)nc(N)nc2n1C. The van der Waals surface area contributed by atoms with E-state index in [0.717, 1.165) is 5.82 Å². The number of halogens is 1. The lowest BCUT2D eigenvalue weighted by Gasteiger charge is -2.07. The lowest BCUT2D eigenvalue weighted by atomic mass is 10.4. The minimum atomic E-state index is 0.218. The standard InChI is InChI=1S/C12H15ClN8/c1-7-17-9-10(18-12(14)19-11(9)20(7)2)15-3-4-21-6-8(13)5-16-21/h5-6H,3-4H2,1-2H3,(H3,14,15,18,19). The Bertz CT molecular complexity index is 790. The summed E-state index contributed by atoms with van der Waals surface area (Å²) < 4.78 is 3.63. The number of hydrogen-bond acceptors (Lipinski definition) is 6. The molecule has 3 heterocycles. The molecule has 0 spiro atoms. The van der Waals surface area contributed by atoms with E-state index in [2.05, 4.69) is 25.4 Å². The second-order valence-electron chi connectivity index (χ2n) is 4.67. The average Bonchev–Trinajstić information content (AvgIpc) is 2.96. The Balaban J connectivity index is 1.81. The van der Waals surface area contributed by atoms with Gasteiger partial charge in [0.05, 0.1) is 17.8 Å². The molecule has 3 rings (SSSR count). The first-order valence-corrected chi connectivity index (χ1v) is 6.81. The quantitative estimate of drug-likeness (QED) is 0.751. The Labute approximate surface area is 126 Å². The first-order valence-electron chi connectivity index (χ1n) is 6.43. The molecule has 0 aromatic carbocycles. The first-order chi connectivity index (χ1) is 10.0. The van der Waals surface area contributed by atoms with Gasteiger partial charge in [0, 0.05) is 19.8 Å². The Morgan fingerprint density at radius 3 is 2.86 bits per heavy atom. The van der Waals surface area contributed by atoms with Crippen LogP contribution in [-0.4, -0.2) is 35.8 Å². The van der Waals surface area contributed by atoms with Gasteiger partial charge in [0.1, 0.15) is 5.82 Å². The molecule has 3 N–H and O–H groups in total. The van der Waals surface area contributed by atoms with Crippen molar-refractivity contribution in [2.45, 2.75) is 13.5 Å². The van der Waals surface area contributed by atoms with Gasteiger partial charge >= 0.3 is 0 Å². The number of imidazole rings is 1. The van der Waals surface area contributed by atoms with E-state index >= 15 is 0 Å². The fraction of sp³-hybridized carbons (Fsp3) is 0.333. The summed E-state index contributed by atoms with van der Waals surface area (Å²) in [4.78, 5) is 12.9. The predicted molar refractivity (Wildman–Crippen MR) is 81.2 cm³/mol. The maximum absolute atomic E-state index is 5.82. The van der Waals surface area contributed by atoms with Gasteiger partial charge in [-0.3, -0.25) is 4.68 Å². The van der Waals surface area contributed by atoms with Crippen LogP contribution in [0, 0.1) is 6.92 Å². The molecular formula is C12H15ClN8. The van der Waals surface area contributed by atoms with Gasteiger partial charge in [-0.05, 0) is 6.92 Å². The van der Waals surface area contributed by atoms with Crippen LogP contribution >= 0.6 is 11.6 Å². The lowest BCUT2D eigenvalue weighted by Crippen LogP contribution is -2.13. The number of aryl methyl sites for hydroxylation is 2. The molecule has 0 amide bonds. The second kappa shape index (κ2) is 5.21. The summed E-state index contributed by atoms with van der Waals surface area (Å²) in [6.07, 6.45) is 3.36. The van der Waals surface area contributed by atoms with Crippen molar-refractivity contribution < 1.29 is 0 Å². The zero-order valence-corrected chi connectivity index (χ0v) is 12.5. The summed E-state index contributed by atoms with van der Waals surface area (Å²) in [5.41, 5.74) is 7.17. The number of nitrogens with one attached hydrogen (secondary N) is 1. The van der Waals surface area contributed by atoms with Crippen LogP contribution in [0.2, 0.25) is 5.02 Å². The summed E-state index contributed by atoms with van der Waals surface area (Å²) in [6.45, 7) is 3.19. The Hall–Kier alpha value is -2.35. The molecule has 0 fully saturated rings. The fourth-order valence-electron chi connectivity index (χ4n) is 2.06. The van der Waals surface area contributed by atoms with E-state index in [9.17, 15) is 0 Å². The third kappa shape index (κ3) is 2.62. The van der Waals surface area contributed by atoms with Crippen molar-refractivity contribution in [1.29, 1.82) is 0 Å². The monoisotopic (exact) mass is 306 g/mol. The van der Waals surface area contributed by atoms with E-state index in [1.54, 1.807) is 17.1 Å². The van der Waals surface area contributed by atoms with E-state index < -0.39 is 0 Å². The van der Waals surface area contributed by atoms with Gasteiger partial charge in [0.15, 0.2) is 17.0 Å². The van der Waals surface area contributed by atoms with Crippen LogP contribution in [0.5, 0.6) is 0 Å². The second-order valence-corrected chi connectivity index (χ2v) is 5.11. The Morgan fingerprint density at radius 1 is 1.33 bits per heavy atom. The van der Waals surface area contributed by atoms with E-state index in [1.807, 2.05) is 18.5 Å². The Kier molecular flexibility index (Phi) is 3.38. The fourth-order valence-corrected chi connectivity index (χ4v) is 2.22. The highest BCUT2D eigenvalue weighted by Gasteiger charge is 2.12. The van der Waals surface area contributed by atoms with Crippen molar-refractivity contribution in [1.82, 2.24) is 29.3 Å². The number of anilines is 2. The van der Waals surface area contributed by atoms with Crippen molar-refractivity contribution in [3.63, 3.8) is 0 Å². The molecule has 0 saturated heterocycles. The normalized spacial score (nSPS) is 11.2. The molecule has 110 valence electrons. The minimum Gasteiger partial charge on any atom is -0.368 e. The number of aromatic nitrogens is 6. The van der Waals surface area contributed by atoms with Gasteiger partial charge in [-0.25, -0.2) is 4.98 Å². The molecule has 9 heteroatoms. The van der Waals surface area contributed by atoms with Crippen molar-refractivity contribution in [3.05, 3.63) is 23.2 Å². The zero-order valence-electron chi connectivity index (χ0n) is 11.7. The summed E-state index contributed by atoms with van der Waals surface area (Å²) >= 11 is 5.82. The highest BCUT2D eigenvalue weighted by molar-refractivity contribution is 6.30. The third-order valence-electron chi connectivity index (χ3n) is 3.19. The molecule has 3 aromatic rings. The lowest BCUT2D eigenvalue weighted by molar-refractivity contribution is 0.637. The average molecular weight is 307 g/mol. The number of hydrogen-bond donors (Lipinski definition) is 2. The maximum Gasteiger partial charge on any atom is 0.224 e. The predicted octanol–water partition coefficient (Wildman–Crippen LogP) is 1.22. The van der Waals surface area contributed by atoms with E-state index in [0.29, 0.717) is 35.1 Å². The Morgan fingerprint density at radius 2 is 2.14 bits per heavy atom. The van der Waals surface area contributed by atoms with Crippen molar-refractivity contribution in [2.75, 3.05) is 17.6 Å². The van der Waals surface area contributed by atoms with Crippen LogP contribution in [0.25, 0.3) is 11.2 Å². The van der Waals surface area contributed by atoms with Crippen LogP contribution < -0.4 is 11.1 Å². The number of rotatable bonds is 4. The molecule has 0 radical (unpaired) electrons. The topological polar surface area (TPSA) is 99.5 Å². The smallest absolute Gasteiger partial charge is 0.224 e. The van der Waals surface area contributed by atoms with Gasteiger partial charge in [0.2, 0.25) is 5.95 Å². The van der Waals surface area contributed by atoms with E-state index in [1.165, 1.54) is 0 Å². The molecule has 8 nitrogen and oxygen atoms in total. The van der Waals surface area contributed by atoms with Gasteiger partial charge in [-0.1, -0.05) is 11.6 Å². The van der Waals surface area contributed by atoms with Crippen LogP contribution in [0.3, 0.4) is 0 Å². The number of nitrogen functional groups attached to an aromatic ring is 1. The molecule has 0 aliphatic carbocycles. The van der Waals surface area contributed by atoms with Crippen LogP contribution in [0.15, 0.2) is 12.4 Å². The third-order valence-corrected chi connectivity index (χ3v) is 3.39. The molecule has 0 unspecified atom stereocenters. The minimum absolute atomic E-state index is 0.218. The molecule has 21 heavy (non-hydrogen) atoms. The molecule has 0 atom stereocenters. The number of fused-ring (bicyclic) bond motifs is 1. The summed E-state index contributed by atoms with van der Waals surface area (Å²) in [5, 5.41) is 7.94. The maximum atomic E-state index is 5.82.